The van der Waals surface area contributed by atoms with Gasteiger partial charge in [0.2, 0.25) is 0 Å². The first-order valence-corrected chi connectivity index (χ1v) is 5.91. The van der Waals surface area contributed by atoms with Crippen molar-refractivity contribution in [3.8, 4) is 5.75 Å². The Morgan fingerprint density at radius 1 is 1.19 bits per heavy atom. The van der Waals surface area contributed by atoms with Crippen LogP contribution in [0.1, 0.15) is 23.6 Å². The van der Waals surface area contributed by atoms with Crippen molar-refractivity contribution in [2.75, 3.05) is 27.2 Å². The molecule has 0 amide bonds. The van der Waals surface area contributed by atoms with E-state index in [1.165, 1.54) is 16.7 Å². The van der Waals surface area contributed by atoms with E-state index in [1.54, 1.807) is 7.11 Å². The Balaban J connectivity index is 2.78. The van der Waals surface area contributed by atoms with Gasteiger partial charge in [-0.25, -0.2) is 0 Å². The Morgan fingerprint density at radius 2 is 1.88 bits per heavy atom. The zero-order valence-corrected chi connectivity index (χ0v) is 11.1. The highest BCUT2D eigenvalue weighted by atomic mass is 16.5. The smallest absolute Gasteiger partial charge is 0.122 e. The second kappa shape index (κ2) is 5.90. The molecule has 0 spiro atoms. The van der Waals surface area contributed by atoms with Crippen molar-refractivity contribution >= 4 is 0 Å². The molecule has 2 nitrogen and oxygen atoms in total. The van der Waals surface area contributed by atoms with Gasteiger partial charge in [0.25, 0.3) is 0 Å². The average molecular weight is 221 g/mol. The molecule has 1 aromatic carbocycles. The van der Waals surface area contributed by atoms with Crippen molar-refractivity contribution in [3.05, 3.63) is 28.8 Å². The number of ether oxygens (including phenoxy) is 1. The number of methoxy groups -OCH3 is 1. The van der Waals surface area contributed by atoms with Crippen molar-refractivity contribution in [1.29, 1.82) is 0 Å². The molecule has 0 aliphatic heterocycles. The topological polar surface area (TPSA) is 12.5 Å². The lowest BCUT2D eigenvalue weighted by Crippen LogP contribution is -2.20. The van der Waals surface area contributed by atoms with E-state index in [0.29, 0.717) is 0 Å². The van der Waals surface area contributed by atoms with Gasteiger partial charge in [-0.15, -0.1) is 0 Å². The van der Waals surface area contributed by atoms with Crippen LogP contribution in [0.25, 0.3) is 0 Å². The third-order valence-corrected chi connectivity index (χ3v) is 3.37. The van der Waals surface area contributed by atoms with Gasteiger partial charge < -0.3 is 9.64 Å². The number of benzene rings is 1. The van der Waals surface area contributed by atoms with Gasteiger partial charge in [-0.3, -0.25) is 0 Å². The third-order valence-electron chi connectivity index (χ3n) is 3.37. The summed E-state index contributed by atoms with van der Waals surface area (Å²) in [5, 5.41) is 0. The molecule has 0 radical (unpaired) electrons. The van der Waals surface area contributed by atoms with Gasteiger partial charge in [0.15, 0.2) is 0 Å². The van der Waals surface area contributed by atoms with Gasteiger partial charge in [-0.2, -0.15) is 0 Å². The van der Waals surface area contributed by atoms with E-state index in [-0.39, 0.29) is 0 Å². The largest absolute Gasteiger partial charge is 0.496 e. The Labute approximate surface area is 99.2 Å². The number of rotatable bonds is 5. The summed E-state index contributed by atoms with van der Waals surface area (Å²) in [6, 6.07) is 4.26. The SMILES string of the molecule is CCN(C)CCc1ccc(OC)c(C)c1C. The van der Waals surface area contributed by atoms with E-state index < -0.39 is 0 Å². The van der Waals surface area contributed by atoms with E-state index in [9.17, 15) is 0 Å². The molecule has 1 aromatic rings. The van der Waals surface area contributed by atoms with Crippen molar-refractivity contribution in [2.45, 2.75) is 27.2 Å². The van der Waals surface area contributed by atoms with Gasteiger partial charge >= 0.3 is 0 Å². The highest BCUT2D eigenvalue weighted by Crippen LogP contribution is 2.24. The molecule has 1 rings (SSSR count). The summed E-state index contributed by atoms with van der Waals surface area (Å²) in [6.45, 7) is 8.71. The summed E-state index contributed by atoms with van der Waals surface area (Å²) in [5.74, 6) is 0.991. The zero-order chi connectivity index (χ0) is 12.1. The summed E-state index contributed by atoms with van der Waals surface area (Å²) in [4.78, 5) is 2.33. The quantitative estimate of drug-likeness (QED) is 0.758. The minimum Gasteiger partial charge on any atom is -0.496 e. The van der Waals surface area contributed by atoms with Crippen LogP contribution in [-0.2, 0) is 6.42 Å². The summed E-state index contributed by atoms with van der Waals surface area (Å²) in [5.41, 5.74) is 4.06. The first-order chi connectivity index (χ1) is 7.60. The Hall–Kier alpha value is -1.02. The highest BCUT2D eigenvalue weighted by Gasteiger charge is 2.06. The van der Waals surface area contributed by atoms with Crippen LogP contribution >= 0.6 is 0 Å². The Bertz CT molecular complexity index is 347. The fourth-order valence-electron chi connectivity index (χ4n) is 1.81. The molecule has 0 bridgehead atoms. The molecule has 0 aliphatic carbocycles. The number of likely N-dealkylation sites (N-methyl/N-ethyl adjacent to an activating group) is 1. The molecule has 0 aromatic heterocycles. The fourth-order valence-corrected chi connectivity index (χ4v) is 1.81. The standard InChI is InChI=1S/C14H23NO/c1-6-15(4)10-9-13-7-8-14(16-5)12(3)11(13)2/h7-8H,6,9-10H2,1-5H3. The van der Waals surface area contributed by atoms with Crippen molar-refractivity contribution in [2.24, 2.45) is 0 Å². The predicted molar refractivity (Wildman–Crippen MR) is 69.3 cm³/mol. The van der Waals surface area contributed by atoms with Crippen molar-refractivity contribution in [3.63, 3.8) is 0 Å². The van der Waals surface area contributed by atoms with Gasteiger partial charge in [0.1, 0.15) is 5.75 Å². The van der Waals surface area contributed by atoms with Crippen LogP contribution < -0.4 is 4.74 Å². The normalized spacial score (nSPS) is 10.9. The Kier molecular flexibility index (Phi) is 4.81. The molecule has 0 atom stereocenters. The van der Waals surface area contributed by atoms with Crippen LogP contribution in [0, 0.1) is 13.8 Å². The summed E-state index contributed by atoms with van der Waals surface area (Å²) >= 11 is 0. The monoisotopic (exact) mass is 221 g/mol. The average Bonchev–Trinajstić information content (AvgIpc) is 2.30. The lowest BCUT2D eigenvalue weighted by atomic mass is 10.00. The number of nitrogens with zero attached hydrogens (tertiary/aromatic N) is 1. The molecule has 0 N–H and O–H groups in total. The summed E-state index contributed by atoms with van der Waals surface area (Å²) in [6.07, 6.45) is 1.11. The number of hydrogen-bond donors (Lipinski definition) is 0. The van der Waals surface area contributed by atoms with Crippen molar-refractivity contribution in [1.82, 2.24) is 4.90 Å². The van der Waals surface area contributed by atoms with Gasteiger partial charge in [0.05, 0.1) is 7.11 Å². The molecule has 0 aliphatic rings. The molecule has 0 unspecified atom stereocenters. The molecule has 90 valence electrons. The van der Waals surface area contributed by atoms with E-state index in [1.807, 2.05) is 0 Å². The minimum absolute atomic E-state index is 0.991. The predicted octanol–water partition coefficient (Wildman–Crippen LogP) is 2.81. The van der Waals surface area contributed by atoms with E-state index in [4.69, 9.17) is 4.74 Å². The molecule has 0 fully saturated rings. The van der Waals surface area contributed by atoms with Gasteiger partial charge in [0, 0.05) is 6.54 Å². The molecule has 0 heterocycles. The zero-order valence-electron chi connectivity index (χ0n) is 11.1. The van der Waals surface area contributed by atoms with E-state index >= 15 is 0 Å². The first-order valence-electron chi connectivity index (χ1n) is 5.91. The van der Waals surface area contributed by atoms with Gasteiger partial charge in [-0.1, -0.05) is 13.0 Å². The fraction of sp³-hybridized carbons (Fsp3) is 0.571. The summed E-state index contributed by atoms with van der Waals surface area (Å²) in [7, 11) is 3.89. The van der Waals surface area contributed by atoms with E-state index in [0.717, 1.165) is 25.3 Å². The van der Waals surface area contributed by atoms with Crippen LogP contribution in [0.3, 0.4) is 0 Å². The molecule has 2 heteroatoms. The molecule has 0 saturated heterocycles. The maximum Gasteiger partial charge on any atom is 0.122 e. The van der Waals surface area contributed by atoms with Crippen LogP contribution in [-0.4, -0.2) is 32.1 Å². The molecule has 0 saturated carbocycles. The minimum atomic E-state index is 0.991. The van der Waals surface area contributed by atoms with Crippen molar-refractivity contribution < 1.29 is 4.74 Å². The Morgan fingerprint density at radius 3 is 2.44 bits per heavy atom. The molecular weight excluding hydrogens is 198 g/mol. The number of hydrogen-bond acceptors (Lipinski definition) is 2. The first kappa shape index (κ1) is 13.0. The molecular formula is C14H23NO. The highest BCUT2D eigenvalue weighted by molar-refractivity contribution is 5.43. The second-order valence-corrected chi connectivity index (χ2v) is 4.32. The van der Waals surface area contributed by atoms with Crippen LogP contribution in [0.4, 0.5) is 0 Å². The van der Waals surface area contributed by atoms with Crippen LogP contribution in [0.15, 0.2) is 12.1 Å². The maximum atomic E-state index is 5.32. The maximum absolute atomic E-state index is 5.32. The van der Waals surface area contributed by atoms with E-state index in [2.05, 4.69) is 44.9 Å². The second-order valence-electron chi connectivity index (χ2n) is 4.32. The van der Waals surface area contributed by atoms with Crippen LogP contribution in [0.5, 0.6) is 5.75 Å². The van der Waals surface area contributed by atoms with Crippen LogP contribution in [0.2, 0.25) is 0 Å². The summed E-state index contributed by atoms with van der Waals surface area (Å²) < 4.78 is 5.32. The van der Waals surface area contributed by atoms with Gasteiger partial charge in [-0.05, 0) is 56.6 Å². The molecule has 16 heavy (non-hydrogen) atoms. The lowest BCUT2D eigenvalue weighted by molar-refractivity contribution is 0.357. The third kappa shape index (κ3) is 2.99. The lowest BCUT2D eigenvalue weighted by Gasteiger charge is -2.16.